The van der Waals surface area contributed by atoms with Gasteiger partial charge >= 0.3 is 6.18 Å². The summed E-state index contributed by atoms with van der Waals surface area (Å²) in [5, 5.41) is 0. The zero-order valence-corrected chi connectivity index (χ0v) is 11.1. The molecule has 0 saturated carbocycles. The second kappa shape index (κ2) is 5.60. The molecule has 1 aliphatic rings. The van der Waals surface area contributed by atoms with Gasteiger partial charge in [0, 0.05) is 25.3 Å². The van der Waals surface area contributed by atoms with E-state index in [0.29, 0.717) is 18.8 Å². The van der Waals surface area contributed by atoms with Crippen molar-refractivity contribution in [2.24, 2.45) is 4.99 Å². The molecule has 0 amide bonds. The highest BCUT2D eigenvalue weighted by Crippen LogP contribution is 2.35. The van der Waals surface area contributed by atoms with Crippen molar-refractivity contribution in [1.29, 1.82) is 0 Å². The van der Waals surface area contributed by atoms with E-state index < -0.39 is 11.7 Å². The molecule has 110 valence electrons. The Hall–Kier alpha value is -1.92. The van der Waals surface area contributed by atoms with E-state index in [1.54, 1.807) is 18.0 Å². The monoisotopic (exact) mass is 288 g/mol. The fourth-order valence-electron chi connectivity index (χ4n) is 1.93. The summed E-state index contributed by atoms with van der Waals surface area (Å²) in [5.74, 6) is 0.174. The molecular weight excluding hydrogens is 273 g/mol. The van der Waals surface area contributed by atoms with Crippen molar-refractivity contribution in [3.8, 4) is 5.75 Å². The molecule has 0 saturated heterocycles. The number of hydrogen-bond donors (Lipinski definition) is 0. The van der Waals surface area contributed by atoms with Crippen molar-refractivity contribution >= 4 is 12.1 Å². The number of halogens is 3. The van der Waals surface area contributed by atoms with Crippen LogP contribution < -0.4 is 9.64 Å². The number of hydrogen-bond acceptors (Lipinski definition) is 4. The zero-order valence-electron chi connectivity index (χ0n) is 11.1. The third-order valence-electron chi connectivity index (χ3n) is 3.01. The summed E-state index contributed by atoms with van der Waals surface area (Å²) in [7, 11) is 3.05. The molecular formula is C13H15F3N2O2. The lowest BCUT2D eigenvalue weighted by Crippen LogP contribution is -2.29. The van der Waals surface area contributed by atoms with Crippen molar-refractivity contribution in [2.45, 2.75) is 12.2 Å². The van der Waals surface area contributed by atoms with Crippen molar-refractivity contribution in [1.82, 2.24) is 0 Å². The van der Waals surface area contributed by atoms with Crippen LogP contribution in [-0.4, -0.2) is 39.8 Å². The van der Waals surface area contributed by atoms with E-state index in [0.717, 1.165) is 12.1 Å². The van der Waals surface area contributed by atoms with Gasteiger partial charge in [-0.15, -0.1) is 0 Å². The SMILES string of the molecule is COc1cc(N(C)C[C@H]2COC=N2)cc(C(F)(F)F)c1. The van der Waals surface area contributed by atoms with E-state index in [1.165, 1.54) is 13.5 Å². The summed E-state index contributed by atoms with van der Waals surface area (Å²) in [5.41, 5.74) is -0.302. The van der Waals surface area contributed by atoms with Gasteiger partial charge in [-0.2, -0.15) is 13.2 Å². The molecule has 0 spiro atoms. The molecule has 0 fully saturated rings. The molecule has 0 bridgehead atoms. The number of methoxy groups -OCH3 is 1. The van der Waals surface area contributed by atoms with Gasteiger partial charge in [0.25, 0.3) is 0 Å². The number of ether oxygens (including phenoxy) is 2. The minimum Gasteiger partial charge on any atom is -0.497 e. The third kappa shape index (κ3) is 3.34. The van der Waals surface area contributed by atoms with Crippen LogP contribution in [0.5, 0.6) is 5.75 Å². The maximum atomic E-state index is 12.8. The molecule has 0 unspecified atom stereocenters. The Kier molecular flexibility index (Phi) is 4.06. The van der Waals surface area contributed by atoms with Crippen LogP contribution in [0.4, 0.5) is 18.9 Å². The molecule has 1 aliphatic heterocycles. The highest BCUT2D eigenvalue weighted by atomic mass is 19.4. The number of aliphatic imine (C=N–C) groups is 1. The first-order valence-corrected chi connectivity index (χ1v) is 6.01. The summed E-state index contributed by atoms with van der Waals surface area (Å²) in [6, 6.07) is 3.57. The van der Waals surface area contributed by atoms with Gasteiger partial charge in [0.15, 0.2) is 6.40 Å². The Morgan fingerprint density at radius 1 is 1.40 bits per heavy atom. The summed E-state index contributed by atoms with van der Waals surface area (Å²) in [6.45, 7) is 0.918. The van der Waals surface area contributed by atoms with E-state index in [9.17, 15) is 13.2 Å². The molecule has 4 nitrogen and oxygen atoms in total. The average molecular weight is 288 g/mol. The molecule has 2 rings (SSSR count). The van der Waals surface area contributed by atoms with Gasteiger partial charge in [0.1, 0.15) is 18.4 Å². The maximum absolute atomic E-state index is 12.8. The Bertz CT molecular complexity index is 503. The van der Waals surface area contributed by atoms with Crippen LogP contribution in [0.3, 0.4) is 0 Å². The fourth-order valence-corrected chi connectivity index (χ4v) is 1.93. The van der Waals surface area contributed by atoms with Crippen LogP contribution in [0.15, 0.2) is 23.2 Å². The van der Waals surface area contributed by atoms with Gasteiger partial charge < -0.3 is 14.4 Å². The molecule has 0 N–H and O–H groups in total. The predicted octanol–water partition coefficient (Wildman–Crippen LogP) is 2.58. The fraction of sp³-hybridized carbons (Fsp3) is 0.462. The van der Waals surface area contributed by atoms with Gasteiger partial charge in [-0.05, 0) is 12.1 Å². The third-order valence-corrected chi connectivity index (χ3v) is 3.01. The first-order chi connectivity index (χ1) is 9.40. The lowest BCUT2D eigenvalue weighted by molar-refractivity contribution is -0.137. The molecule has 1 aromatic carbocycles. The first-order valence-electron chi connectivity index (χ1n) is 6.01. The smallest absolute Gasteiger partial charge is 0.416 e. The molecule has 1 heterocycles. The van der Waals surface area contributed by atoms with Crippen LogP contribution in [0, 0.1) is 0 Å². The Balaban J connectivity index is 2.23. The van der Waals surface area contributed by atoms with E-state index in [4.69, 9.17) is 9.47 Å². The van der Waals surface area contributed by atoms with Gasteiger partial charge in [-0.25, -0.2) is 4.99 Å². The normalized spacial score (nSPS) is 17.9. The Morgan fingerprint density at radius 3 is 2.70 bits per heavy atom. The minimum absolute atomic E-state index is 0.0689. The number of anilines is 1. The molecule has 0 radical (unpaired) electrons. The van der Waals surface area contributed by atoms with Crippen molar-refractivity contribution < 1.29 is 22.6 Å². The molecule has 0 aromatic heterocycles. The van der Waals surface area contributed by atoms with E-state index in [-0.39, 0.29) is 11.8 Å². The minimum atomic E-state index is -4.40. The second-order valence-electron chi connectivity index (χ2n) is 4.54. The summed E-state index contributed by atoms with van der Waals surface area (Å²) >= 11 is 0. The van der Waals surface area contributed by atoms with Crippen LogP contribution >= 0.6 is 0 Å². The number of rotatable bonds is 4. The summed E-state index contributed by atoms with van der Waals surface area (Å²) in [4.78, 5) is 5.78. The van der Waals surface area contributed by atoms with Crippen LogP contribution in [0.25, 0.3) is 0 Å². The highest BCUT2D eigenvalue weighted by molar-refractivity contribution is 5.54. The van der Waals surface area contributed by atoms with Gasteiger partial charge in [0.2, 0.25) is 0 Å². The van der Waals surface area contributed by atoms with Crippen molar-refractivity contribution in [3.63, 3.8) is 0 Å². The van der Waals surface area contributed by atoms with E-state index >= 15 is 0 Å². The van der Waals surface area contributed by atoms with Crippen LogP contribution in [0.1, 0.15) is 5.56 Å². The Morgan fingerprint density at radius 2 is 2.15 bits per heavy atom. The highest BCUT2D eigenvalue weighted by Gasteiger charge is 2.32. The first kappa shape index (κ1) is 14.5. The number of benzene rings is 1. The summed E-state index contributed by atoms with van der Waals surface area (Å²) in [6.07, 6.45) is -3.04. The number of alkyl halides is 3. The lowest BCUT2D eigenvalue weighted by Gasteiger charge is -2.23. The van der Waals surface area contributed by atoms with Gasteiger partial charge in [0.05, 0.1) is 12.7 Å². The van der Waals surface area contributed by atoms with Crippen LogP contribution in [0.2, 0.25) is 0 Å². The largest absolute Gasteiger partial charge is 0.497 e. The molecule has 1 atom stereocenters. The summed E-state index contributed by atoms with van der Waals surface area (Å²) < 4.78 is 48.4. The number of nitrogens with zero attached hydrogens (tertiary/aromatic N) is 2. The molecule has 7 heteroatoms. The molecule has 20 heavy (non-hydrogen) atoms. The lowest BCUT2D eigenvalue weighted by atomic mass is 10.1. The molecule has 0 aliphatic carbocycles. The van der Waals surface area contributed by atoms with Crippen molar-refractivity contribution in [3.05, 3.63) is 23.8 Å². The maximum Gasteiger partial charge on any atom is 0.416 e. The number of likely N-dealkylation sites (N-methyl/N-ethyl adjacent to an activating group) is 1. The Labute approximate surface area is 114 Å². The zero-order chi connectivity index (χ0) is 14.8. The molecule has 1 aromatic rings. The second-order valence-corrected chi connectivity index (χ2v) is 4.54. The standard InChI is InChI=1S/C13H15F3N2O2/c1-18(6-10-7-20-8-17-10)11-3-9(13(14,15)16)4-12(5-11)19-2/h3-5,8,10H,6-7H2,1-2H3/t10-/m0/s1. The quantitative estimate of drug-likeness (QED) is 0.854. The topological polar surface area (TPSA) is 34.1 Å². The predicted molar refractivity (Wildman–Crippen MR) is 69.5 cm³/mol. The van der Waals surface area contributed by atoms with E-state index in [1.807, 2.05) is 0 Å². The van der Waals surface area contributed by atoms with Crippen molar-refractivity contribution in [2.75, 3.05) is 32.2 Å². The average Bonchev–Trinajstić information content (AvgIpc) is 2.90. The van der Waals surface area contributed by atoms with Crippen LogP contribution in [-0.2, 0) is 10.9 Å². The van der Waals surface area contributed by atoms with Gasteiger partial charge in [-0.1, -0.05) is 0 Å². The van der Waals surface area contributed by atoms with Gasteiger partial charge in [-0.3, -0.25) is 0 Å². The van der Waals surface area contributed by atoms with E-state index in [2.05, 4.69) is 4.99 Å².